The van der Waals surface area contributed by atoms with Crippen LogP contribution in [0.1, 0.15) is 89.7 Å². The Labute approximate surface area is 217 Å². The molecule has 198 valence electrons. The molecule has 2 aromatic rings. The third-order valence-electron chi connectivity index (χ3n) is 7.04. The third kappa shape index (κ3) is 6.68. The van der Waals surface area contributed by atoms with Crippen LogP contribution in [-0.4, -0.2) is 31.8 Å². The normalized spacial score (nSPS) is 13.9. The Morgan fingerprint density at radius 1 is 0.778 bits per heavy atom. The fourth-order valence-corrected chi connectivity index (χ4v) is 6.84. The number of benzene rings is 2. The fourth-order valence-electron chi connectivity index (χ4n) is 5.08. The number of amides is 1. The molecular formula is C30H44NO4P. The standard InChI is InChI=1S/C30H44NO4P/c1-4-7-22-34-36(33,35-23-8-5-2)24-15-9-14-20-30(29(32)31-21-6-3)27-18-12-10-16-25(27)26-17-11-13-19-28(26)30/h10-13,16-19H,4-9,14-15,20-24H2,1-3H3,(H,31,32). The number of unbranched alkanes of at least 4 members (excludes halogenated alkanes) is 4. The molecule has 36 heavy (non-hydrogen) atoms. The Bertz CT molecular complexity index is 962. The van der Waals surface area contributed by atoms with E-state index in [2.05, 4.69) is 50.4 Å². The molecule has 0 aliphatic heterocycles. The Hall–Kier alpha value is -1.94. The van der Waals surface area contributed by atoms with Crippen molar-refractivity contribution in [2.24, 2.45) is 0 Å². The van der Waals surface area contributed by atoms with Gasteiger partial charge in [0.25, 0.3) is 0 Å². The maximum Gasteiger partial charge on any atom is 0.330 e. The van der Waals surface area contributed by atoms with E-state index in [1.807, 2.05) is 24.3 Å². The summed E-state index contributed by atoms with van der Waals surface area (Å²) in [5, 5.41) is 3.20. The van der Waals surface area contributed by atoms with Crippen LogP contribution >= 0.6 is 7.60 Å². The van der Waals surface area contributed by atoms with Gasteiger partial charge in [0.1, 0.15) is 5.41 Å². The first-order chi connectivity index (χ1) is 17.5. The molecule has 2 aromatic carbocycles. The van der Waals surface area contributed by atoms with Crippen LogP contribution in [0.3, 0.4) is 0 Å². The van der Waals surface area contributed by atoms with Gasteiger partial charge in [0, 0.05) is 6.54 Å². The highest BCUT2D eigenvalue weighted by atomic mass is 31.2. The first kappa shape index (κ1) is 28.6. The minimum Gasteiger partial charge on any atom is -0.355 e. The van der Waals surface area contributed by atoms with Crippen molar-refractivity contribution in [3.05, 3.63) is 59.7 Å². The van der Waals surface area contributed by atoms with E-state index in [0.29, 0.717) is 32.3 Å². The van der Waals surface area contributed by atoms with Crippen molar-refractivity contribution in [1.29, 1.82) is 0 Å². The third-order valence-corrected chi connectivity index (χ3v) is 9.06. The van der Waals surface area contributed by atoms with Crippen molar-refractivity contribution in [2.75, 3.05) is 25.9 Å². The Kier molecular flexibility index (Phi) is 11.2. The monoisotopic (exact) mass is 513 g/mol. The zero-order valence-corrected chi connectivity index (χ0v) is 23.3. The van der Waals surface area contributed by atoms with E-state index >= 15 is 0 Å². The summed E-state index contributed by atoms with van der Waals surface area (Å²) >= 11 is 0. The van der Waals surface area contributed by atoms with E-state index in [4.69, 9.17) is 9.05 Å². The highest BCUT2D eigenvalue weighted by molar-refractivity contribution is 7.53. The lowest BCUT2D eigenvalue weighted by molar-refractivity contribution is -0.125. The lowest BCUT2D eigenvalue weighted by Crippen LogP contribution is -2.44. The van der Waals surface area contributed by atoms with E-state index in [1.165, 1.54) is 0 Å². The average Bonchev–Trinajstić information content (AvgIpc) is 3.18. The first-order valence-corrected chi connectivity index (χ1v) is 15.6. The molecule has 6 heteroatoms. The molecule has 0 unspecified atom stereocenters. The van der Waals surface area contributed by atoms with Gasteiger partial charge < -0.3 is 14.4 Å². The summed E-state index contributed by atoms with van der Waals surface area (Å²) in [5.74, 6) is 0.0817. The van der Waals surface area contributed by atoms with Gasteiger partial charge in [-0.1, -0.05) is 95.0 Å². The number of fused-ring (bicyclic) bond motifs is 3. The molecule has 0 saturated carbocycles. The van der Waals surface area contributed by atoms with Crippen LogP contribution in [0.25, 0.3) is 11.1 Å². The summed E-state index contributed by atoms with van der Waals surface area (Å²) in [6.07, 6.45) is 8.29. The second kappa shape index (κ2) is 14.1. The van der Waals surface area contributed by atoms with Crippen LogP contribution in [0.4, 0.5) is 0 Å². The van der Waals surface area contributed by atoms with Gasteiger partial charge in [0.15, 0.2) is 0 Å². The van der Waals surface area contributed by atoms with Gasteiger partial charge in [-0.05, 0) is 54.4 Å². The van der Waals surface area contributed by atoms with E-state index in [9.17, 15) is 9.36 Å². The highest BCUT2D eigenvalue weighted by Gasteiger charge is 2.48. The summed E-state index contributed by atoms with van der Waals surface area (Å²) in [4.78, 5) is 13.8. The largest absolute Gasteiger partial charge is 0.355 e. The Morgan fingerprint density at radius 3 is 1.86 bits per heavy atom. The predicted octanol–water partition coefficient (Wildman–Crippen LogP) is 7.87. The zero-order valence-electron chi connectivity index (χ0n) is 22.4. The van der Waals surface area contributed by atoms with Crippen LogP contribution < -0.4 is 5.32 Å². The lowest BCUT2D eigenvalue weighted by atomic mass is 9.73. The Balaban J connectivity index is 1.72. The zero-order chi connectivity index (χ0) is 25.9. The van der Waals surface area contributed by atoms with Crippen molar-refractivity contribution in [1.82, 2.24) is 5.32 Å². The minimum atomic E-state index is -3.08. The minimum absolute atomic E-state index is 0.0817. The van der Waals surface area contributed by atoms with E-state index < -0.39 is 13.0 Å². The molecule has 0 atom stereocenters. The van der Waals surface area contributed by atoms with E-state index in [1.54, 1.807) is 0 Å². The number of carbonyl (C=O) groups excluding carboxylic acids is 1. The molecule has 5 nitrogen and oxygen atoms in total. The van der Waals surface area contributed by atoms with E-state index in [0.717, 1.165) is 73.6 Å². The molecule has 3 rings (SSSR count). The number of hydrogen-bond acceptors (Lipinski definition) is 4. The van der Waals surface area contributed by atoms with Gasteiger partial charge in [-0.25, -0.2) is 0 Å². The second-order valence-corrected chi connectivity index (χ2v) is 12.0. The molecule has 1 aliphatic rings. The van der Waals surface area contributed by atoms with Gasteiger partial charge in [-0.15, -0.1) is 0 Å². The lowest BCUT2D eigenvalue weighted by Gasteiger charge is -2.31. The molecule has 0 heterocycles. The van der Waals surface area contributed by atoms with Crippen molar-refractivity contribution < 1.29 is 18.4 Å². The molecule has 0 bridgehead atoms. The molecule has 0 aromatic heterocycles. The van der Waals surface area contributed by atoms with Gasteiger partial charge >= 0.3 is 7.60 Å². The van der Waals surface area contributed by atoms with Crippen molar-refractivity contribution >= 4 is 13.5 Å². The van der Waals surface area contributed by atoms with Gasteiger partial charge in [-0.2, -0.15) is 0 Å². The quantitative estimate of drug-likeness (QED) is 0.173. The molecular weight excluding hydrogens is 469 g/mol. The highest BCUT2D eigenvalue weighted by Crippen LogP contribution is 2.52. The fraction of sp³-hybridized carbons (Fsp3) is 0.567. The average molecular weight is 514 g/mol. The Morgan fingerprint density at radius 2 is 1.33 bits per heavy atom. The van der Waals surface area contributed by atoms with Crippen molar-refractivity contribution in [2.45, 2.75) is 84.0 Å². The number of hydrogen-bond donors (Lipinski definition) is 1. The molecule has 0 saturated heterocycles. The molecule has 1 aliphatic carbocycles. The number of nitrogens with one attached hydrogen (secondary N) is 1. The van der Waals surface area contributed by atoms with Gasteiger partial charge in [-0.3, -0.25) is 9.36 Å². The molecule has 1 N–H and O–H groups in total. The summed E-state index contributed by atoms with van der Waals surface area (Å²) in [6.45, 7) is 7.89. The number of carbonyl (C=O) groups is 1. The molecule has 0 fully saturated rings. The predicted molar refractivity (Wildman–Crippen MR) is 149 cm³/mol. The van der Waals surface area contributed by atoms with Crippen molar-refractivity contribution in [3.8, 4) is 11.1 Å². The second-order valence-electron chi connectivity index (χ2n) is 9.77. The van der Waals surface area contributed by atoms with Crippen LogP contribution in [0.2, 0.25) is 0 Å². The van der Waals surface area contributed by atoms with Gasteiger partial charge in [0.05, 0.1) is 19.4 Å². The topological polar surface area (TPSA) is 64.6 Å². The van der Waals surface area contributed by atoms with Crippen molar-refractivity contribution in [3.63, 3.8) is 0 Å². The summed E-state index contributed by atoms with van der Waals surface area (Å²) in [6, 6.07) is 16.6. The summed E-state index contributed by atoms with van der Waals surface area (Å²) in [5.41, 5.74) is 3.80. The van der Waals surface area contributed by atoms with Crippen LogP contribution in [0, 0.1) is 0 Å². The first-order valence-electron chi connectivity index (χ1n) is 13.9. The SMILES string of the molecule is CCCCOP(=O)(CCCCCC1(C(=O)NCCC)c2ccccc2-c2ccccc21)OCCCC. The summed E-state index contributed by atoms with van der Waals surface area (Å²) < 4.78 is 24.8. The number of rotatable bonds is 17. The maximum atomic E-state index is 13.8. The van der Waals surface area contributed by atoms with Crippen LogP contribution in [0.5, 0.6) is 0 Å². The van der Waals surface area contributed by atoms with E-state index in [-0.39, 0.29) is 5.91 Å². The molecule has 0 spiro atoms. The molecule has 0 radical (unpaired) electrons. The molecule has 1 amide bonds. The maximum absolute atomic E-state index is 13.8. The van der Waals surface area contributed by atoms with Gasteiger partial charge in [0.2, 0.25) is 5.91 Å². The summed E-state index contributed by atoms with van der Waals surface area (Å²) in [7, 11) is -3.08. The van der Waals surface area contributed by atoms with Crippen LogP contribution in [-0.2, 0) is 23.8 Å². The van der Waals surface area contributed by atoms with Crippen LogP contribution in [0.15, 0.2) is 48.5 Å². The smallest absolute Gasteiger partial charge is 0.330 e.